The van der Waals surface area contributed by atoms with Gasteiger partial charge in [0.05, 0.1) is 0 Å². The number of carboxylic acid groups (broad SMARTS) is 1. The second kappa shape index (κ2) is 6.95. The van der Waals surface area contributed by atoms with Gasteiger partial charge in [-0.1, -0.05) is 0 Å². The fourth-order valence-electron chi connectivity index (χ4n) is 1.30. The van der Waals surface area contributed by atoms with Crippen LogP contribution in [-0.4, -0.2) is 36.6 Å². The van der Waals surface area contributed by atoms with Crippen molar-refractivity contribution >= 4 is 13.7 Å². The predicted octanol–water partition coefficient (Wildman–Crippen LogP) is -0.341. The Balaban J connectivity index is 2.71. The highest BCUT2D eigenvalue weighted by Gasteiger charge is 2.13. The first-order chi connectivity index (χ1) is 8.52. The van der Waals surface area contributed by atoms with Crippen molar-refractivity contribution in [2.24, 2.45) is 5.73 Å². The number of carboxylic acids is 1. The fraction of sp³-hybridized carbons (Fsp3) is 0.300. The number of carbonyl (C=O) groups is 1. The molecule has 6 nitrogen and oxygen atoms in total. The third-order valence-corrected chi connectivity index (χ3v) is 2.07. The minimum atomic E-state index is -1.17. The Bertz CT molecular complexity index is 417. The van der Waals surface area contributed by atoms with Gasteiger partial charge in [-0.3, -0.25) is 4.79 Å². The Hall–Kier alpha value is -1.64. The molecule has 0 aliphatic heterocycles. The lowest BCUT2D eigenvalue weighted by Gasteiger charge is -2.10. The van der Waals surface area contributed by atoms with Crippen LogP contribution in [-0.2, 0) is 15.9 Å². The molecular formula is C10H12BFNO5. The van der Waals surface area contributed by atoms with Crippen molar-refractivity contribution in [3.8, 4) is 5.75 Å². The summed E-state index contributed by atoms with van der Waals surface area (Å²) in [7, 11) is 0.445. The third kappa shape index (κ3) is 4.70. The van der Waals surface area contributed by atoms with Gasteiger partial charge >= 0.3 is 13.7 Å². The zero-order chi connectivity index (χ0) is 13.5. The molecule has 0 aliphatic carbocycles. The van der Waals surface area contributed by atoms with Crippen molar-refractivity contribution in [2.75, 3.05) is 6.79 Å². The number of halogens is 1. The molecule has 0 spiro atoms. The lowest BCUT2D eigenvalue weighted by Crippen LogP contribution is -2.32. The van der Waals surface area contributed by atoms with E-state index in [4.69, 9.17) is 20.6 Å². The van der Waals surface area contributed by atoms with Crippen LogP contribution in [0.5, 0.6) is 5.75 Å². The summed E-state index contributed by atoms with van der Waals surface area (Å²) >= 11 is 0. The van der Waals surface area contributed by atoms with E-state index < -0.39 is 17.8 Å². The van der Waals surface area contributed by atoms with Crippen LogP contribution >= 0.6 is 0 Å². The Morgan fingerprint density at radius 2 is 2.22 bits per heavy atom. The minimum absolute atomic E-state index is 0.0174. The summed E-state index contributed by atoms with van der Waals surface area (Å²) in [5.41, 5.74) is 5.74. The zero-order valence-corrected chi connectivity index (χ0v) is 9.38. The van der Waals surface area contributed by atoms with E-state index in [2.05, 4.69) is 4.65 Å². The average Bonchev–Trinajstić information content (AvgIpc) is 2.28. The molecule has 0 unspecified atom stereocenters. The molecule has 1 radical (unpaired) electrons. The van der Waals surface area contributed by atoms with E-state index in [9.17, 15) is 9.18 Å². The molecule has 1 aromatic rings. The third-order valence-electron chi connectivity index (χ3n) is 2.07. The number of hydrogen-bond acceptors (Lipinski definition) is 5. The van der Waals surface area contributed by atoms with Crippen LogP contribution in [0.25, 0.3) is 0 Å². The zero-order valence-electron chi connectivity index (χ0n) is 9.38. The topological polar surface area (TPSA) is 102 Å². The van der Waals surface area contributed by atoms with Gasteiger partial charge in [0.2, 0.25) is 0 Å². The maximum absolute atomic E-state index is 13.2. The molecule has 8 heteroatoms. The highest BCUT2D eigenvalue weighted by atomic mass is 19.1. The lowest BCUT2D eigenvalue weighted by atomic mass is 10.1. The molecule has 0 aromatic heterocycles. The van der Waals surface area contributed by atoms with Gasteiger partial charge in [0, 0.05) is 6.07 Å². The molecule has 4 N–H and O–H groups in total. The van der Waals surface area contributed by atoms with Gasteiger partial charge in [-0.2, -0.15) is 0 Å². The second-order valence-electron chi connectivity index (χ2n) is 3.48. The summed E-state index contributed by atoms with van der Waals surface area (Å²) < 4.78 is 22.6. The average molecular weight is 256 g/mol. The van der Waals surface area contributed by atoms with E-state index in [0.29, 0.717) is 13.2 Å². The second-order valence-corrected chi connectivity index (χ2v) is 3.48. The monoisotopic (exact) mass is 256 g/mol. The Morgan fingerprint density at radius 1 is 1.50 bits per heavy atom. The molecule has 0 aliphatic rings. The molecule has 0 saturated carbocycles. The summed E-state index contributed by atoms with van der Waals surface area (Å²) in [6.45, 7) is -0.287. The summed E-state index contributed by atoms with van der Waals surface area (Å²) in [6, 6.07) is 2.62. The Kier molecular flexibility index (Phi) is 5.57. The molecule has 97 valence electrons. The number of nitrogens with two attached hydrogens (primary N) is 1. The molecule has 0 heterocycles. The van der Waals surface area contributed by atoms with Crippen molar-refractivity contribution in [1.29, 1.82) is 0 Å². The van der Waals surface area contributed by atoms with Crippen molar-refractivity contribution in [3.63, 3.8) is 0 Å². The van der Waals surface area contributed by atoms with Gasteiger partial charge in [-0.15, -0.1) is 0 Å². The van der Waals surface area contributed by atoms with Crippen LogP contribution in [0, 0.1) is 5.82 Å². The van der Waals surface area contributed by atoms with Gasteiger partial charge in [0.25, 0.3) is 0 Å². The molecule has 18 heavy (non-hydrogen) atoms. The molecule has 0 saturated heterocycles. The fourth-order valence-corrected chi connectivity index (χ4v) is 1.30. The van der Waals surface area contributed by atoms with Gasteiger partial charge in [0.1, 0.15) is 17.6 Å². The number of ether oxygens (including phenoxy) is 1. The highest BCUT2D eigenvalue weighted by Crippen LogP contribution is 2.17. The van der Waals surface area contributed by atoms with E-state index in [-0.39, 0.29) is 19.0 Å². The molecule has 1 atom stereocenters. The molecule has 0 fully saturated rings. The molecule has 1 aromatic carbocycles. The van der Waals surface area contributed by atoms with E-state index in [0.717, 1.165) is 6.07 Å². The van der Waals surface area contributed by atoms with E-state index in [1.807, 2.05) is 0 Å². The number of benzene rings is 1. The Labute approximate surface area is 103 Å². The summed E-state index contributed by atoms with van der Waals surface area (Å²) in [4.78, 5) is 10.6. The molecule has 0 bridgehead atoms. The molecule has 0 amide bonds. The number of hydrogen-bond donors (Lipinski definition) is 3. The summed E-state index contributed by atoms with van der Waals surface area (Å²) in [5.74, 6) is -1.59. The molecule has 1 rings (SSSR count). The van der Waals surface area contributed by atoms with Crippen LogP contribution in [0.4, 0.5) is 4.39 Å². The van der Waals surface area contributed by atoms with Crippen LogP contribution in [0.1, 0.15) is 5.56 Å². The minimum Gasteiger partial charge on any atom is -0.480 e. The van der Waals surface area contributed by atoms with E-state index in [1.165, 1.54) is 12.1 Å². The molecular weight excluding hydrogens is 244 g/mol. The van der Waals surface area contributed by atoms with Crippen molar-refractivity contribution in [3.05, 3.63) is 29.6 Å². The van der Waals surface area contributed by atoms with Crippen molar-refractivity contribution in [1.82, 2.24) is 0 Å². The summed E-state index contributed by atoms with van der Waals surface area (Å²) in [5, 5.41) is 16.9. The first-order valence-corrected chi connectivity index (χ1v) is 5.01. The van der Waals surface area contributed by atoms with E-state index >= 15 is 0 Å². The first kappa shape index (κ1) is 14.4. The quantitative estimate of drug-likeness (QED) is 0.350. The van der Waals surface area contributed by atoms with Crippen LogP contribution in [0.3, 0.4) is 0 Å². The van der Waals surface area contributed by atoms with Crippen molar-refractivity contribution in [2.45, 2.75) is 12.5 Å². The standard InChI is InChI=1S/C10H12BFNO5/c12-7-1-6(3-9(13)10(14)15)2-8(4-7)17-5-18-11-16/h1-2,4,9,16H,3,5,13H2,(H,14,15)/t9-/m0/s1. The van der Waals surface area contributed by atoms with Gasteiger partial charge < -0.3 is 25.3 Å². The van der Waals surface area contributed by atoms with Gasteiger partial charge in [0.15, 0.2) is 6.79 Å². The number of rotatable bonds is 7. The predicted molar refractivity (Wildman–Crippen MR) is 60.3 cm³/mol. The van der Waals surface area contributed by atoms with E-state index in [1.54, 1.807) is 0 Å². The lowest BCUT2D eigenvalue weighted by molar-refractivity contribution is -0.138. The maximum atomic E-state index is 13.2. The smallest absolute Gasteiger partial charge is 0.480 e. The van der Waals surface area contributed by atoms with Crippen molar-refractivity contribution < 1.29 is 28.7 Å². The van der Waals surface area contributed by atoms with Gasteiger partial charge in [-0.05, 0) is 24.1 Å². The Morgan fingerprint density at radius 3 is 2.83 bits per heavy atom. The largest absolute Gasteiger partial charge is 0.487 e. The van der Waals surface area contributed by atoms with Crippen LogP contribution < -0.4 is 10.5 Å². The van der Waals surface area contributed by atoms with Crippen LogP contribution in [0.15, 0.2) is 18.2 Å². The normalized spacial score (nSPS) is 11.9. The maximum Gasteiger partial charge on any atom is 0.487 e. The summed E-state index contributed by atoms with van der Waals surface area (Å²) in [6.07, 6.45) is -0.0174. The highest BCUT2D eigenvalue weighted by molar-refractivity contribution is 6.15. The SMILES string of the molecule is N[C@@H](Cc1cc(F)cc(OCO[B]O)c1)C(=O)O. The van der Waals surface area contributed by atoms with Crippen LogP contribution in [0.2, 0.25) is 0 Å². The first-order valence-electron chi connectivity index (χ1n) is 5.01. The number of aliphatic carboxylic acids is 1. The van der Waals surface area contributed by atoms with Gasteiger partial charge in [-0.25, -0.2) is 4.39 Å².